The second-order valence-corrected chi connectivity index (χ2v) is 1.07. The van der Waals surface area contributed by atoms with Gasteiger partial charge in [-0.25, -0.2) is 4.79 Å². The molecule has 0 unspecified atom stereocenters. The van der Waals surface area contributed by atoms with Crippen molar-refractivity contribution in [2.75, 3.05) is 0 Å². The Hall–Kier alpha value is -1.08. The summed E-state index contributed by atoms with van der Waals surface area (Å²) in [6.45, 7) is 4.78. The third-order valence-corrected chi connectivity index (χ3v) is 0.501. The van der Waals surface area contributed by atoms with Crippen LogP contribution in [0, 0.1) is 0 Å². The van der Waals surface area contributed by atoms with Crippen LogP contribution in [0.2, 0.25) is 0 Å². The first-order valence-electron chi connectivity index (χ1n) is 2.23. The molecule has 0 rings (SSSR count). The molecular weight excluding hydrogens is 106 g/mol. The molecule has 44 valence electrons. The lowest BCUT2D eigenvalue weighted by molar-refractivity contribution is -0.143. The first-order chi connectivity index (χ1) is 3.81. The van der Waals surface area contributed by atoms with Crippen LogP contribution in [0.3, 0.4) is 0 Å². The number of hydrogen-bond acceptors (Lipinski definition) is 3. The second-order valence-electron chi connectivity index (χ2n) is 1.07. The largest absolute Gasteiger partial charge is 0.335 e. The average molecular weight is 113 g/mol. The quantitative estimate of drug-likeness (QED) is 0.300. The molecule has 0 N–H and O–H groups in total. The van der Waals surface area contributed by atoms with Crippen LogP contribution < -0.4 is 0 Å². The zero-order valence-corrected chi connectivity index (χ0v) is 4.68. The van der Waals surface area contributed by atoms with Crippen LogP contribution in [0.25, 0.3) is 0 Å². The monoisotopic (exact) mass is 113 g/mol. The fourth-order valence-corrected chi connectivity index (χ4v) is 0.148. The van der Waals surface area contributed by atoms with Crippen LogP contribution in [-0.4, -0.2) is 11.8 Å². The molecule has 0 amide bonds. The van der Waals surface area contributed by atoms with Gasteiger partial charge in [-0.3, -0.25) is 0 Å². The molecule has 0 aliphatic heterocycles. The lowest BCUT2D eigenvalue weighted by Gasteiger charge is -1.85. The van der Waals surface area contributed by atoms with E-state index in [9.17, 15) is 4.79 Å². The molecule has 0 heterocycles. The molecule has 3 heteroatoms. The van der Waals surface area contributed by atoms with Gasteiger partial charge in [0.05, 0.1) is 0 Å². The number of nitrogens with zero attached hydrogens (tertiary/aromatic N) is 1. The molecule has 3 nitrogen and oxygen atoms in total. The molecule has 0 bridgehead atoms. The standard InChI is InChI=1S/C5H7NO2/c1-3-5(7)8-6-4-2/h2-3H2,1H3. The Morgan fingerprint density at radius 2 is 2.62 bits per heavy atom. The van der Waals surface area contributed by atoms with Crippen molar-refractivity contribution in [1.29, 1.82) is 0 Å². The van der Waals surface area contributed by atoms with Crippen molar-refractivity contribution in [1.82, 2.24) is 0 Å². The topological polar surface area (TPSA) is 38.7 Å². The van der Waals surface area contributed by atoms with E-state index >= 15 is 0 Å². The van der Waals surface area contributed by atoms with Gasteiger partial charge in [0.2, 0.25) is 0 Å². The maximum atomic E-state index is 10.2. The summed E-state index contributed by atoms with van der Waals surface area (Å²) in [6.07, 6.45) is 0.325. The van der Waals surface area contributed by atoms with E-state index in [2.05, 4.69) is 22.4 Å². The fraction of sp³-hybridized carbons (Fsp3) is 0.400. The Morgan fingerprint density at radius 3 is 3.00 bits per heavy atom. The van der Waals surface area contributed by atoms with Crippen molar-refractivity contribution in [2.45, 2.75) is 13.3 Å². The summed E-state index contributed by atoms with van der Waals surface area (Å²) >= 11 is 0. The normalized spacial score (nSPS) is 7.12. The zero-order chi connectivity index (χ0) is 6.41. The third-order valence-electron chi connectivity index (χ3n) is 0.501. The van der Waals surface area contributed by atoms with Gasteiger partial charge in [0.25, 0.3) is 0 Å². The van der Waals surface area contributed by atoms with E-state index in [-0.39, 0.29) is 5.97 Å². The minimum absolute atomic E-state index is 0.325. The summed E-state index contributed by atoms with van der Waals surface area (Å²) in [5.74, 6) is 1.69. The lowest BCUT2D eigenvalue weighted by atomic mass is 10.5. The van der Waals surface area contributed by atoms with E-state index in [4.69, 9.17) is 0 Å². The predicted octanol–water partition coefficient (Wildman–Crippen LogP) is 0.710. The Morgan fingerprint density at radius 1 is 2.00 bits per heavy atom. The number of carbonyl (C=O) groups excluding carboxylic acids is 1. The van der Waals surface area contributed by atoms with Crippen molar-refractivity contribution < 1.29 is 9.63 Å². The molecule has 0 aromatic carbocycles. The van der Waals surface area contributed by atoms with Crippen LogP contribution in [0.4, 0.5) is 0 Å². The van der Waals surface area contributed by atoms with Crippen molar-refractivity contribution in [3.8, 4) is 0 Å². The summed E-state index contributed by atoms with van der Waals surface area (Å²) in [5, 5.41) is 3.03. The third kappa shape index (κ3) is 3.12. The maximum absolute atomic E-state index is 10.2. The van der Waals surface area contributed by atoms with Gasteiger partial charge in [0, 0.05) is 12.3 Å². The van der Waals surface area contributed by atoms with Crippen LogP contribution in [-0.2, 0) is 9.63 Å². The minimum Gasteiger partial charge on any atom is -0.310 e. The summed E-state index contributed by atoms with van der Waals surface area (Å²) in [4.78, 5) is 14.3. The van der Waals surface area contributed by atoms with Crippen LogP contribution in [0.5, 0.6) is 0 Å². The first-order valence-corrected chi connectivity index (χ1v) is 2.23. The van der Waals surface area contributed by atoms with E-state index in [1.54, 1.807) is 6.92 Å². The van der Waals surface area contributed by atoms with E-state index in [0.29, 0.717) is 6.42 Å². The molecule has 0 aromatic heterocycles. The van der Waals surface area contributed by atoms with Gasteiger partial charge in [0.1, 0.15) is 0 Å². The molecule has 0 fully saturated rings. The van der Waals surface area contributed by atoms with Crippen LogP contribution in [0.1, 0.15) is 13.3 Å². The van der Waals surface area contributed by atoms with Gasteiger partial charge in [0.15, 0.2) is 0 Å². The molecular formula is C5H7NO2. The maximum Gasteiger partial charge on any atom is 0.335 e. The highest BCUT2D eigenvalue weighted by atomic mass is 16.7. The number of hydrogen-bond donors (Lipinski definition) is 0. The highest BCUT2D eigenvalue weighted by Crippen LogP contribution is 1.81. The SMILES string of the molecule is C=C=NOC(=O)CC. The highest BCUT2D eigenvalue weighted by Gasteiger charge is 1.92. The molecule has 0 spiro atoms. The zero-order valence-electron chi connectivity index (χ0n) is 4.68. The molecule has 0 saturated heterocycles. The Kier molecular flexibility index (Phi) is 3.54. The number of carbonyl (C=O) groups is 1. The van der Waals surface area contributed by atoms with Gasteiger partial charge in [-0.2, -0.15) is 0 Å². The molecule has 0 saturated carbocycles. The van der Waals surface area contributed by atoms with Crippen LogP contribution >= 0.6 is 0 Å². The van der Waals surface area contributed by atoms with Crippen molar-refractivity contribution in [3.05, 3.63) is 6.58 Å². The Bertz CT molecular complexity index is 124. The van der Waals surface area contributed by atoms with Gasteiger partial charge >= 0.3 is 5.97 Å². The van der Waals surface area contributed by atoms with E-state index in [0.717, 1.165) is 0 Å². The van der Waals surface area contributed by atoms with Crippen molar-refractivity contribution in [2.24, 2.45) is 5.16 Å². The van der Waals surface area contributed by atoms with Crippen LogP contribution in [0.15, 0.2) is 11.7 Å². The van der Waals surface area contributed by atoms with Gasteiger partial charge < -0.3 is 4.84 Å². The first kappa shape index (κ1) is 6.92. The lowest BCUT2D eigenvalue weighted by Crippen LogP contribution is -1.94. The average Bonchev–Trinajstić information content (AvgIpc) is 1.83. The fourth-order valence-electron chi connectivity index (χ4n) is 0.148. The predicted molar refractivity (Wildman–Crippen MR) is 29.4 cm³/mol. The summed E-state index contributed by atoms with van der Waals surface area (Å²) in [7, 11) is 0. The molecule has 0 aliphatic carbocycles. The smallest absolute Gasteiger partial charge is 0.310 e. The van der Waals surface area contributed by atoms with E-state index in [1.165, 1.54) is 0 Å². The summed E-state index contributed by atoms with van der Waals surface area (Å²) in [6, 6.07) is 0. The second kappa shape index (κ2) is 4.09. The molecule has 0 atom stereocenters. The molecule has 0 radical (unpaired) electrons. The Labute approximate surface area is 47.6 Å². The van der Waals surface area contributed by atoms with E-state index < -0.39 is 0 Å². The molecule has 0 aromatic rings. The summed E-state index contributed by atoms with van der Waals surface area (Å²) < 4.78 is 0. The molecule has 0 aliphatic rings. The number of rotatable bonds is 2. The highest BCUT2D eigenvalue weighted by molar-refractivity contribution is 5.69. The van der Waals surface area contributed by atoms with E-state index in [1.807, 2.05) is 0 Å². The Balaban J connectivity index is 3.39. The summed E-state index contributed by atoms with van der Waals surface area (Å²) in [5.41, 5.74) is 0. The molecule has 8 heavy (non-hydrogen) atoms. The van der Waals surface area contributed by atoms with Crippen molar-refractivity contribution >= 4 is 11.8 Å². The van der Waals surface area contributed by atoms with Gasteiger partial charge in [-0.1, -0.05) is 6.92 Å². The van der Waals surface area contributed by atoms with Gasteiger partial charge in [-0.15, -0.1) is 0 Å². The van der Waals surface area contributed by atoms with Crippen molar-refractivity contribution in [3.63, 3.8) is 0 Å². The van der Waals surface area contributed by atoms with Gasteiger partial charge in [-0.05, 0) is 11.7 Å². The minimum atomic E-state index is -0.374.